The van der Waals surface area contributed by atoms with Gasteiger partial charge in [-0.1, -0.05) is 0 Å². The Labute approximate surface area is 85.1 Å². The van der Waals surface area contributed by atoms with Gasteiger partial charge < -0.3 is 5.32 Å². The van der Waals surface area contributed by atoms with Gasteiger partial charge in [0.15, 0.2) is 0 Å². The van der Waals surface area contributed by atoms with Gasteiger partial charge in [-0.15, -0.1) is 0 Å². The Hall–Kier alpha value is -0.930. The van der Waals surface area contributed by atoms with Crippen LogP contribution in [-0.2, 0) is 6.54 Å². The Kier molecular flexibility index (Phi) is 3.11. The second-order valence-corrected chi connectivity index (χ2v) is 3.92. The number of nitrogens with one attached hydrogen (secondary N) is 1. The number of hydrogen-bond acceptors (Lipinski definition) is 3. The monoisotopic (exact) mass is 191 g/mol. The lowest BCUT2D eigenvalue weighted by atomic mass is 10.2. The normalized spacial score (nSPS) is 21.7. The van der Waals surface area contributed by atoms with E-state index in [1.807, 2.05) is 12.4 Å². The highest BCUT2D eigenvalue weighted by Crippen LogP contribution is 2.10. The smallest absolute Gasteiger partial charge is 0.0271 e. The molecule has 3 nitrogen and oxygen atoms in total. The first-order valence-electron chi connectivity index (χ1n) is 5.16. The molecule has 1 aromatic heterocycles. The maximum absolute atomic E-state index is 4.02. The fourth-order valence-corrected chi connectivity index (χ4v) is 1.92. The summed E-state index contributed by atoms with van der Waals surface area (Å²) in [5, 5.41) is 3.38. The molecule has 1 N–H and O–H groups in total. The van der Waals surface area contributed by atoms with Gasteiger partial charge in [-0.05, 0) is 37.7 Å². The first-order valence-corrected chi connectivity index (χ1v) is 5.16. The van der Waals surface area contributed by atoms with Crippen molar-refractivity contribution in [3.05, 3.63) is 30.1 Å². The quantitative estimate of drug-likeness (QED) is 0.768. The average Bonchev–Trinajstić information content (AvgIpc) is 2.72. The molecule has 0 bridgehead atoms. The summed E-state index contributed by atoms with van der Waals surface area (Å²) in [5.74, 6) is 0. The number of nitrogens with zero attached hydrogens (tertiary/aromatic N) is 2. The van der Waals surface area contributed by atoms with Gasteiger partial charge in [0.2, 0.25) is 0 Å². The lowest BCUT2D eigenvalue weighted by Crippen LogP contribution is -2.32. The minimum atomic E-state index is 0.697. The van der Waals surface area contributed by atoms with Crippen molar-refractivity contribution in [3.63, 3.8) is 0 Å². The summed E-state index contributed by atoms with van der Waals surface area (Å²) < 4.78 is 0. The largest absolute Gasteiger partial charge is 0.315 e. The van der Waals surface area contributed by atoms with E-state index in [1.54, 1.807) is 0 Å². The molecule has 0 amide bonds. The van der Waals surface area contributed by atoms with Crippen LogP contribution in [0.25, 0.3) is 0 Å². The second-order valence-electron chi connectivity index (χ2n) is 3.92. The van der Waals surface area contributed by atoms with Crippen LogP contribution in [0.1, 0.15) is 12.0 Å². The maximum Gasteiger partial charge on any atom is 0.0271 e. The van der Waals surface area contributed by atoms with Crippen molar-refractivity contribution in [1.29, 1.82) is 0 Å². The lowest BCUT2D eigenvalue weighted by molar-refractivity contribution is 0.249. The fraction of sp³-hybridized carbons (Fsp3) is 0.545. The molecule has 1 aliphatic heterocycles. The van der Waals surface area contributed by atoms with Gasteiger partial charge in [0.05, 0.1) is 0 Å². The summed E-state index contributed by atoms with van der Waals surface area (Å²) in [5.41, 5.74) is 1.34. The summed E-state index contributed by atoms with van der Waals surface area (Å²) in [7, 11) is 2.19. The van der Waals surface area contributed by atoms with Crippen molar-refractivity contribution in [1.82, 2.24) is 15.2 Å². The molecule has 0 saturated carbocycles. The molecule has 76 valence electrons. The number of aromatic nitrogens is 1. The van der Waals surface area contributed by atoms with Crippen LogP contribution >= 0.6 is 0 Å². The molecular formula is C11H17N3. The van der Waals surface area contributed by atoms with Crippen LogP contribution in [0.4, 0.5) is 0 Å². The summed E-state index contributed by atoms with van der Waals surface area (Å²) in [4.78, 5) is 6.43. The zero-order valence-electron chi connectivity index (χ0n) is 8.61. The van der Waals surface area contributed by atoms with Crippen LogP contribution in [0.3, 0.4) is 0 Å². The average molecular weight is 191 g/mol. The van der Waals surface area contributed by atoms with E-state index in [0.29, 0.717) is 6.04 Å². The lowest BCUT2D eigenvalue weighted by Gasteiger charge is -2.23. The summed E-state index contributed by atoms with van der Waals surface area (Å²) in [6.07, 6.45) is 4.98. The zero-order chi connectivity index (χ0) is 9.80. The predicted octanol–water partition coefficient (Wildman–Crippen LogP) is 0.875. The highest BCUT2D eigenvalue weighted by molar-refractivity contribution is 5.09. The van der Waals surface area contributed by atoms with Crippen LogP contribution < -0.4 is 5.32 Å². The number of likely N-dealkylation sites (N-methyl/N-ethyl adjacent to an activating group) is 1. The van der Waals surface area contributed by atoms with Gasteiger partial charge in [-0.25, -0.2) is 0 Å². The first-order chi connectivity index (χ1) is 6.86. The molecule has 14 heavy (non-hydrogen) atoms. The Morgan fingerprint density at radius 2 is 2.29 bits per heavy atom. The molecule has 1 fully saturated rings. The topological polar surface area (TPSA) is 28.2 Å². The second kappa shape index (κ2) is 4.53. The Balaban J connectivity index is 1.90. The molecule has 0 radical (unpaired) electrons. The minimum absolute atomic E-state index is 0.697. The van der Waals surface area contributed by atoms with Gasteiger partial charge in [0.1, 0.15) is 0 Å². The minimum Gasteiger partial charge on any atom is -0.315 e. The molecule has 0 aliphatic carbocycles. The van der Waals surface area contributed by atoms with Crippen molar-refractivity contribution >= 4 is 0 Å². The van der Waals surface area contributed by atoms with Gasteiger partial charge in [-0.2, -0.15) is 0 Å². The number of hydrogen-bond donors (Lipinski definition) is 1. The van der Waals surface area contributed by atoms with Crippen molar-refractivity contribution < 1.29 is 0 Å². The standard InChI is InChI=1S/C11H17N3/c1-14(11-4-7-13-8-11)9-10-2-5-12-6-3-10/h2-3,5-6,11,13H,4,7-9H2,1H3. The molecule has 3 heteroatoms. The molecule has 1 unspecified atom stereocenters. The highest BCUT2D eigenvalue weighted by Gasteiger charge is 2.18. The van der Waals surface area contributed by atoms with E-state index < -0.39 is 0 Å². The van der Waals surface area contributed by atoms with Gasteiger partial charge >= 0.3 is 0 Å². The van der Waals surface area contributed by atoms with Gasteiger partial charge in [0.25, 0.3) is 0 Å². The molecule has 1 aromatic rings. The third-order valence-electron chi connectivity index (χ3n) is 2.84. The molecule has 1 saturated heterocycles. The molecule has 2 rings (SSSR count). The maximum atomic E-state index is 4.02. The van der Waals surface area contributed by atoms with Crippen molar-refractivity contribution in [2.45, 2.75) is 19.0 Å². The molecule has 2 heterocycles. The van der Waals surface area contributed by atoms with Crippen molar-refractivity contribution in [2.75, 3.05) is 20.1 Å². The Bertz CT molecular complexity index is 267. The Morgan fingerprint density at radius 1 is 1.50 bits per heavy atom. The van der Waals surface area contributed by atoms with Crippen molar-refractivity contribution in [2.24, 2.45) is 0 Å². The van der Waals surface area contributed by atoms with Gasteiger partial charge in [0, 0.05) is 31.5 Å². The van der Waals surface area contributed by atoms with E-state index >= 15 is 0 Å². The number of rotatable bonds is 3. The fourth-order valence-electron chi connectivity index (χ4n) is 1.92. The van der Waals surface area contributed by atoms with E-state index in [-0.39, 0.29) is 0 Å². The van der Waals surface area contributed by atoms with E-state index in [0.717, 1.165) is 19.6 Å². The highest BCUT2D eigenvalue weighted by atomic mass is 15.2. The van der Waals surface area contributed by atoms with E-state index in [2.05, 4.69) is 34.4 Å². The third kappa shape index (κ3) is 2.30. The number of pyridine rings is 1. The summed E-state index contributed by atoms with van der Waals surface area (Å²) in [6.45, 7) is 3.31. The predicted molar refractivity (Wildman–Crippen MR) is 57.0 cm³/mol. The SMILES string of the molecule is CN(Cc1ccncc1)C1CCNC1. The van der Waals surface area contributed by atoms with Gasteiger partial charge in [-0.3, -0.25) is 9.88 Å². The Morgan fingerprint density at radius 3 is 2.93 bits per heavy atom. The summed E-state index contributed by atoms with van der Waals surface area (Å²) >= 11 is 0. The molecule has 1 atom stereocenters. The summed E-state index contributed by atoms with van der Waals surface area (Å²) in [6, 6.07) is 4.86. The van der Waals surface area contributed by atoms with E-state index in [4.69, 9.17) is 0 Å². The van der Waals surface area contributed by atoms with Crippen LogP contribution in [0.15, 0.2) is 24.5 Å². The third-order valence-corrected chi connectivity index (χ3v) is 2.84. The van der Waals surface area contributed by atoms with Crippen molar-refractivity contribution in [3.8, 4) is 0 Å². The van der Waals surface area contributed by atoms with Crippen LogP contribution in [0.5, 0.6) is 0 Å². The van der Waals surface area contributed by atoms with Crippen LogP contribution in [0, 0.1) is 0 Å². The molecule has 0 aromatic carbocycles. The molecular weight excluding hydrogens is 174 g/mol. The molecule has 1 aliphatic rings. The zero-order valence-corrected chi connectivity index (χ0v) is 8.61. The molecule has 0 spiro atoms. The first kappa shape index (κ1) is 9.62. The van der Waals surface area contributed by atoms with Crippen LogP contribution in [0.2, 0.25) is 0 Å². The van der Waals surface area contributed by atoms with E-state index in [1.165, 1.54) is 12.0 Å². The van der Waals surface area contributed by atoms with Crippen LogP contribution in [-0.4, -0.2) is 36.1 Å². The van der Waals surface area contributed by atoms with E-state index in [9.17, 15) is 0 Å².